The zero-order chi connectivity index (χ0) is 20.1. The van der Waals surface area contributed by atoms with Gasteiger partial charge < -0.3 is 24.6 Å². The molecular formula is C21H31N3O4. The second kappa shape index (κ2) is 8.92. The molecule has 0 saturated carbocycles. The molecule has 0 aliphatic carbocycles. The molecule has 154 valence electrons. The van der Waals surface area contributed by atoms with E-state index in [0.717, 1.165) is 31.5 Å². The molecule has 0 radical (unpaired) electrons. The third-order valence-electron chi connectivity index (χ3n) is 5.94. The standard InChI is InChI=1S/C21H31N3O4/c1-16-4-5-17(14-18(16)28-3)19(25)23-10-12-24(13-11-23)20(26)21(15-27-2)6-8-22-9-7-21/h4-5,14,22H,6-13,15H2,1-3H3. The van der Waals surface area contributed by atoms with Crippen molar-refractivity contribution in [2.45, 2.75) is 19.8 Å². The number of benzene rings is 1. The molecule has 2 fully saturated rings. The van der Waals surface area contributed by atoms with Crippen LogP contribution >= 0.6 is 0 Å². The first-order valence-corrected chi connectivity index (χ1v) is 9.94. The van der Waals surface area contributed by atoms with Crippen molar-refractivity contribution in [1.29, 1.82) is 0 Å². The molecule has 1 aromatic rings. The summed E-state index contributed by atoms with van der Waals surface area (Å²) < 4.78 is 10.7. The van der Waals surface area contributed by atoms with Gasteiger partial charge in [-0.05, 0) is 50.6 Å². The van der Waals surface area contributed by atoms with Gasteiger partial charge in [0.1, 0.15) is 5.75 Å². The van der Waals surface area contributed by atoms with Crippen molar-refractivity contribution in [3.8, 4) is 5.75 Å². The summed E-state index contributed by atoms with van der Waals surface area (Å²) >= 11 is 0. The van der Waals surface area contributed by atoms with Crippen molar-refractivity contribution in [3.05, 3.63) is 29.3 Å². The minimum absolute atomic E-state index is 0.0149. The van der Waals surface area contributed by atoms with E-state index in [4.69, 9.17) is 9.47 Å². The van der Waals surface area contributed by atoms with E-state index in [1.54, 1.807) is 20.3 Å². The van der Waals surface area contributed by atoms with Crippen LogP contribution in [-0.2, 0) is 9.53 Å². The highest BCUT2D eigenvalue weighted by Crippen LogP contribution is 2.32. The van der Waals surface area contributed by atoms with Gasteiger partial charge in [0.15, 0.2) is 0 Å². The lowest BCUT2D eigenvalue weighted by molar-refractivity contribution is -0.149. The SMILES string of the molecule is COCC1(C(=O)N2CCN(C(=O)c3ccc(C)c(OC)c3)CC2)CCNCC1. The maximum atomic E-state index is 13.2. The Morgan fingerprint density at radius 1 is 1.07 bits per heavy atom. The zero-order valence-corrected chi connectivity index (χ0v) is 17.1. The first-order chi connectivity index (χ1) is 13.5. The molecule has 0 aromatic heterocycles. The Kier molecular flexibility index (Phi) is 6.57. The van der Waals surface area contributed by atoms with Crippen LogP contribution in [0.3, 0.4) is 0 Å². The second-order valence-electron chi connectivity index (χ2n) is 7.73. The summed E-state index contributed by atoms with van der Waals surface area (Å²) in [5, 5.41) is 3.32. The van der Waals surface area contributed by atoms with Gasteiger partial charge >= 0.3 is 0 Å². The molecule has 1 aromatic carbocycles. The Labute approximate surface area is 167 Å². The van der Waals surface area contributed by atoms with Gasteiger partial charge in [0.05, 0.1) is 19.1 Å². The van der Waals surface area contributed by atoms with Crippen LogP contribution in [0.25, 0.3) is 0 Å². The number of amides is 2. The number of hydrogen-bond donors (Lipinski definition) is 1. The molecule has 7 heteroatoms. The van der Waals surface area contributed by atoms with Gasteiger partial charge in [0.25, 0.3) is 5.91 Å². The van der Waals surface area contributed by atoms with E-state index in [1.165, 1.54) is 0 Å². The van der Waals surface area contributed by atoms with Gasteiger partial charge in [0.2, 0.25) is 5.91 Å². The molecule has 28 heavy (non-hydrogen) atoms. The van der Waals surface area contributed by atoms with Crippen LogP contribution in [0.15, 0.2) is 18.2 Å². The maximum absolute atomic E-state index is 13.2. The molecule has 2 heterocycles. The lowest BCUT2D eigenvalue weighted by atomic mass is 9.78. The van der Waals surface area contributed by atoms with Crippen molar-refractivity contribution < 1.29 is 19.1 Å². The van der Waals surface area contributed by atoms with E-state index in [9.17, 15) is 9.59 Å². The monoisotopic (exact) mass is 389 g/mol. The number of piperidine rings is 1. The van der Waals surface area contributed by atoms with Crippen molar-refractivity contribution in [2.24, 2.45) is 5.41 Å². The molecule has 0 unspecified atom stereocenters. The molecule has 0 bridgehead atoms. The molecule has 0 spiro atoms. The highest BCUT2D eigenvalue weighted by atomic mass is 16.5. The number of nitrogens with one attached hydrogen (secondary N) is 1. The molecule has 3 rings (SSSR count). The lowest BCUT2D eigenvalue weighted by Gasteiger charge is -2.42. The Morgan fingerprint density at radius 2 is 1.71 bits per heavy atom. The molecule has 2 saturated heterocycles. The fourth-order valence-corrected chi connectivity index (χ4v) is 4.19. The van der Waals surface area contributed by atoms with Crippen LogP contribution in [0.2, 0.25) is 0 Å². The number of aryl methyl sites for hydroxylation is 1. The summed E-state index contributed by atoms with van der Waals surface area (Å²) in [4.78, 5) is 29.8. The number of carbonyl (C=O) groups excluding carboxylic acids is 2. The van der Waals surface area contributed by atoms with E-state index in [1.807, 2.05) is 28.9 Å². The number of ether oxygens (including phenoxy) is 2. The summed E-state index contributed by atoms with van der Waals surface area (Å²) in [5.41, 5.74) is 1.19. The van der Waals surface area contributed by atoms with Crippen molar-refractivity contribution in [2.75, 3.05) is 60.1 Å². The lowest BCUT2D eigenvalue weighted by Crippen LogP contribution is -2.57. The van der Waals surface area contributed by atoms with Crippen LogP contribution in [-0.4, -0.2) is 81.7 Å². The van der Waals surface area contributed by atoms with Gasteiger partial charge in [-0.15, -0.1) is 0 Å². The van der Waals surface area contributed by atoms with Gasteiger partial charge in [-0.1, -0.05) is 6.07 Å². The number of piperazine rings is 1. The van der Waals surface area contributed by atoms with E-state index in [0.29, 0.717) is 44.1 Å². The van der Waals surface area contributed by atoms with Crippen molar-refractivity contribution in [1.82, 2.24) is 15.1 Å². The van der Waals surface area contributed by atoms with Gasteiger partial charge in [-0.3, -0.25) is 9.59 Å². The highest BCUT2D eigenvalue weighted by molar-refractivity contribution is 5.95. The van der Waals surface area contributed by atoms with Gasteiger partial charge in [-0.25, -0.2) is 0 Å². The number of rotatable bonds is 5. The summed E-state index contributed by atoms with van der Waals surface area (Å²) in [6, 6.07) is 5.52. The third-order valence-corrected chi connectivity index (χ3v) is 5.94. The Bertz CT molecular complexity index is 702. The van der Waals surface area contributed by atoms with E-state index in [2.05, 4.69) is 5.32 Å². The smallest absolute Gasteiger partial charge is 0.254 e. The first kappa shape index (κ1) is 20.6. The fraction of sp³-hybridized carbons (Fsp3) is 0.619. The Balaban J connectivity index is 1.63. The summed E-state index contributed by atoms with van der Waals surface area (Å²) in [7, 11) is 3.27. The fourth-order valence-electron chi connectivity index (χ4n) is 4.19. The van der Waals surface area contributed by atoms with Crippen LogP contribution in [0.4, 0.5) is 0 Å². The molecule has 7 nitrogen and oxygen atoms in total. The summed E-state index contributed by atoms with van der Waals surface area (Å²) in [6.07, 6.45) is 1.59. The molecule has 2 aliphatic rings. The van der Waals surface area contributed by atoms with Crippen molar-refractivity contribution in [3.63, 3.8) is 0 Å². The largest absolute Gasteiger partial charge is 0.496 e. The predicted molar refractivity (Wildman–Crippen MR) is 107 cm³/mol. The Morgan fingerprint density at radius 3 is 2.32 bits per heavy atom. The molecule has 2 aliphatic heterocycles. The van der Waals surface area contributed by atoms with Crippen LogP contribution in [0.1, 0.15) is 28.8 Å². The van der Waals surface area contributed by atoms with Crippen LogP contribution < -0.4 is 10.1 Å². The number of hydrogen-bond acceptors (Lipinski definition) is 5. The molecule has 1 N–H and O–H groups in total. The third kappa shape index (κ3) is 4.15. The second-order valence-corrected chi connectivity index (χ2v) is 7.73. The molecular weight excluding hydrogens is 358 g/mol. The highest BCUT2D eigenvalue weighted by Gasteiger charge is 2.43. The topological polar surface area (TPSA) is 71.1 Å². The quantitative estimate of drug-likeness (QED) is 0.822. The number of carbonyl (C=O) groups is 2. The van der Waals surface area contributed by atoms with Crippen molar-refractivity contribution >= 4 is 11.8 Å². The number of methoxy groups -OCH3 is 2. The van der Waals surface area contributed by atoms with Gasteiger partial charge in [-0.2, -0.15) is 0 Å². The summed E-state index contributed by atoms with van der Waals surface area (Å²) in [6.45, 7) is 6.29. The molecule has 2 amide bonds. The molecule has 0 atom stereocenters. The number of nitrogens with zero attached hydrogens (tertiary/aromatic N) is 2. The van der Waals surface area contributed by atoms with E-state index < -0.39 is 5.41 Å². The maximum Gasteiger partial charge on any atom is 0.254 e. The van der Waals surface area contributed by atoms with Crippen LogP contribution in [0, 0.1) is 12.3 Å². The normalized spacial score (nSPS) is 19.4. The Hall–Kier alpha value is -2.12. The van der Waals surface area contributed by atoms with Crippen LogP contribution in [0.5, 0.6) is 5.75 Å². The van der Waals surface area contributed by atoms with E-state index in [-0.39, 0.29) is 11.8 Å². The minimum Gasteiger partial charge on any atom is -0.496 e. The van der Waals surface area contributed by atoms with E-state index >= 15 is 0 Å². The minimum atomic E-state index is -0.434. The van der Waals surface area contributed by atoms with Gasteiger partial charge in [0, 0.05) is 38.9 Å². The first-order valence-electron chi connectivity index (χ1n) is 9.94. The zero-order valence-electron chi connectivity index (χ0n) is 17.1. The average molecular weight is 389 g/mol. The predicted octanol–water partition coefficient (Wildman–Crippen LogP) is 1.30. The average Bonchev–Trinajstić information content (AvgIpc) is 2.74. The summed E-state index contributed by atoms with van der Waals surface area (Å²) in [5.74, 6) is 0.867.